The lowest BCUT2D eigenvalue weighted by Crippen LogP contribution is -2.26. The van der Waals surface area contributed by atoms with Crippen LogP contribution in [0.5, 0.6) is 5.88 Å². The van der Waals surface area contributed by atoms with Crippen molar-refractivity contribution in [1.82, 2.24) is 14.9 Å². The summed E-state index contributed by atoms with van der Waals surface area (Å²) in [4.78, 5) is 6.23. The Morgan fingerprint density at radius 2 is 2.11 bits per heavy atom. The van der Waals surface area contributed by atoms with Crippen molar-refractivity contribution in [3.05, 3.63) is 35.9 Å². The molecule has 1 saturated heterocycles. The van der Waals surface area contributed by atoms with Crippen LogP contribution in [0, 0.1) is 0 Å². The van der Waals surface area contributed by atoms with Crippen molar-refractivity contribution in [3.63, 3.8) is 0 Å². The van der Waals surface area contributed by atoms with Crippen molar-refractivity contribution < 1.29 is 14.0 Å². The van der Waals surface area contributed by atoms with E-state index in [4.69, 9.17) is 14.0 Å². The summed E-state index contributed by atoms with van der Waals surface area (Å²) in [5.74, 6) is 2.68. The number of aromatic nitrogens is 3. The van der Waals surface area contributed by atoms with Crippen LogP contribution < -0.4 is 9.64 Å². The molecule has 2 aliphatic rings. The van der Waals surface area contributed by atoms with Gasteiger partial charge in [0.05, 0.1) is 18.1 Å². The summed E-state index contributed by atoms with van der Waals surface area (Å²) >= 11 is 0. The molecule has 0 aliphatic carbocycles. The van der Waals surface area contributed by atoms with Gasteiger partial charge >= 0.3 is 0 Å². The van der Waals surface area contributed by atoms with Crippen molar-refractivity contribution in [3.8, 4) is 5.88 Å². The zero-order chi connectivity index (χ0) is 18.6. The van der Waals surface area contributed by atoms with Gasteiger partial charge in [-0.25, -0.2) is 9.67 Å². The van der Waals surface area contributed by atoms with Crippen LogP contribution in [0.15, 0.2) is 33.9 Å². The second kappa shape index (κ2) is 7.96. The molecular weight excluding hydrogens is 346 g/mol. The van der Waals surface area contributed by atoms with Gasteiger partial charge < -0.3 is 18.9 Å². The van der Waals surface area contributed by atoms with Gasteiger partial charge in [0.25, 0.3) is 0 Å². The zero-order valence-electron chi connectivity index (χ0n) is 15.7. The minimum absolute atomic E-state index is 0.0570. The largest absolute Gasteiger partial charge is 0.474 e. The third kappa shape index (κ3) is 4.21. The second-order valence-corrected chi connectivity index (χ2v) is 7.07. The average molecular weight is 371 g/mol. The van der Waals surface area contributed by atoms with E-state index in [2.05, 4.69) is 15.2 Å². The van der Waals surface area contributed by atoms with Crippen molar-refractivity contribution in [2.75, 3.05) is 24.7 Å². The zero-order valence-corrected chi connectivity index (χ0v) is 15.7. The molecule has 4 heterocycles. The lowest BCUT2D eigenvalue weighted by atomic mass is 9.96. The molecule has 0 saturated carbocycles. The van der Waals surface area contributed by atoms with Crippen LogP contribution in [-0.2, 0) is 11.3 Å². The van der Waals surface area contributed by atoms with E-state index in [-0.39, 0.29) is 6.10 Å². The summed E-state index contributed by atoms with van der Waals surface area (Å²) < 4.78 is 18.7. The molecule has 27 heavy (non-hydrogen) atoms. The molecule has 8 nitrogen and oxygen atoms in total. The Morgan fingerprint density at radius 1 is 1.26 bits per heavy atom. The van der Waals surface area contributed by atoms with Gasteiger partial charge in [-0.05, 0) is 32.8 Å². The first-order valence-corrected chi connectivity index (χ1v) is 9.42. The molecule has 0 amide bonds. The summed E-state index contributed by atoms with van der Waals surface area (Å²) in [5, 5.41) is 8.88. The third-order valence-corrected chi connectivity index (χ3v) is 4.61. The van der Waals surface area contributed by atoms with E-state index in [1.807, 2.05) is 41.6 Å². The van der Waals surface area contributed by atoms with Crippen LogP contribution in [0.25, 0.3) is 0 Å². The molecule has 2 aromatic heterocycles. The lowest BCUT2D eigenvalue weighted by molar-refractivity contribution is 0.0838. The number of ether oxygens (including phenoxy) is 2. The molecule has 0 spiro atoms. The van der Waals surface area contributed by atoms with Gasteiger partial charge in [-0.15, -0.1) is 5.10 Å². The molecule has 2 aromatic rings. The summed E-state index contributed by atoms with van der Waals surface area (Å²) in [6.07, 6.45) is 7.61. The number of aliphatic imine (C=N–C) groups is 1. The molecule has 0 N–H and O–H groups in total. The molecule has 0 radical (unpaired) electrons. The van der Waals surface area contributed by atoms with Gasteiger partial charge in [0.15, 0.2) is 5.76 Å². The van der Waals surface area contributed by atoms with Gasteiger partial charge in [-0.1, -0.05) is 5.16 Å². The highest BCUT2D eigenvalue weighted by atomic mass is 16.5. The minimum atomic E-state index is 0.0570. The number of rotatable bonds is 6. The van der Waals surface area contributed by atoms with E-state index < -0.39 is 0 Å². The molecule has 1 fully saturated rings. The second-order valence-electron chi connectivity index (χ2n) is 7.07. The van der Waals surface area contributed by atoms with E-state index in [1.165, 1.54) is 0 Å². The Kier molecular flexibility index (Phi) is 5.24. The van der Waals surface area contributed by atoms with Crippen molar-refractivity contribution in [2.45, 2.75) is 45.3 Å². The summed E-state index contributed by atoms with van der Waals surface area (Å²) in [6, 6.07) is 3.97. The van der Waals surface area contributed by atoms with Crippen LogP contribution in [0.2, 0.25) is 0 Å². The maximum absolute atomic E-state index is 5.78. The van der Waals surface area contributed by atoms with Gasteiger partial charge in [-0.2, -0.15) is 0 Å². The Labute approximate surface area is 158 Å². The molecular formula is C19H25N5O3. The minimum Gasteiger partial charge on any atom is -0.474 e. The average Bonchev–Trinajstić information content (AvgIpc) is 3.30. The molecule has 4 rings (SSSR count). The summed E-state index contributed by atoms with van der Waals surface area (Å²) in [5.41, 5.74) is 1.00. The highest BCUT2D eigenvalue weighted by molar-refractivity contribution is 5.79. The molecule has 8 heteroatoms. The smallest absolute Gasteiger partial charge is 0.235 e. The quantitative estimate of drug-likeness (QED) is 0.777. The van der Waals surface area contributed by atoms with Crippen LogP contribution in [-0.4, -0.2) is 47.1 Å². The van der Waals surface area contributed by atoms with Gasteiger partial charge in [-0.3, -0.25) is 0 Å². The SMILES string of the molecule is CC(C)Oc1cc(N2C=NC=CC2)n(Cc2cc(C3CCOCC3)no2)n1. The predicted octanol–water partition coefficient (Wildman–Crippen LogP) is 2.96. The first-order chi connectivity index (χ1) is 13.2. The number of anilines is 1. The van der Waals surface area contributed by atoms with Crippen LogP contribution >= 0.6 is 0 Å². The number of nitrogens with zero attached hydrogens (tertiary/aromatic N) is 5. The maximum atomic E-state index is 5.78. The predicted molar refractivity (Wildman–Crippen MR) is 101 cm³/mol. The van der Waals surface area contributed by atoms with Gasteiger partial charge in [0.2, 0.25) is 5.88 Å². The van der Waals surface area contributed by atoms with E-state index in [0.29, 0.717) is 18.3 Å². The Bertz CT molecular complexity index is 817. The fourth-order valence-electron chi connectivity index (χ4n) is 3.31. The highest BCUT2D eigenvalue weighted by Gasteiger charge is 2.21. The molecule has 0 bridgehead atoms. The molecule has 144 valence electrons. The van der Waals surface area contributed by atoms with E-state index in [1.54, 1.807) is 12.5 Å². The van der Waals surface area contributed by atoms with E-state index >= 15 is 0 Å². The van der Waals surface area contributed by atoms with Crippen molar-refractivity contribution in [2.24, 2.45) is 4.99 Å². The van der Waals surface area contributed by atoms with Crippen LogP contribution in [0.3, 0.4) is 0 Å². The Hall–Kier alpha value is -2.61. The maximum Gasteiger partial charge on any atom is 0.235 e. The molecule has 0 aromatic carbocycles. The van der Waals surface area contributed by atoms with Crippen LogP contribution in [0.1, 0.15) is 44.1 Å². The highest BCUT2D eigenvalue weighted by Crippen LogP contribution is 2.28. The third-order valence-electron chi connectivity index (χ3n) is 4.61. The fourth-order valence-corrected chi connectivity index (χ4v) is 3.31. The normalized spacial score (nSPS) is 17.8. The van der Waals surface area contributed by atoms with E-state index in [0.717, 1.165) is 49.9 Å². The lowest BCUT2D eigenvalue weighted by Gasteiger charge is -2.19. The van der Waals surface area contributed by atoms with Gasteiger partial charge in [0, 0.05) is 44.0 Å². The first-order valence-electron chi connectivity index (χ1n) is 9.42. The molecule has 2 aliphatic heterocycles. The summed E-state index contributed by atoms with van der Waals surface area (Å²) in [7, 11) is 0. The topological polar surface area (TPSA) is 77.9 Å². The first kappa shape index (κ1) is 17.8. The fraction of sp³-hybridized carbons (Fsp3) is 0.526. The standard InChI is InChI=1S/C19H25N5O3/c1-14(2)26-18-11-19(23-7-3-6-20-13-23)24(21-18)12-16-10-17(22-27-16)15-4-8-25-9-5-15/h3,6,10-11,13-15H,4-5,7-9,12H2,1-2H3. The summed E-state index contributed by atoms with van der Waals surface area (Å²) in [6.45, 7) is 6.77. The van der Waals surface area contributed by atoms with Crippen LogP contribution in [0.4, 0.5) is 5.82 Å². The van der Waals surface area contributed by atoms with E-state index in [9.17, 15) is 0 Å². The Morgan fingerprint density at radius 3 is 2.85 bits per heavy atom. The number of hydrogen-bond acceptors (Lipinski definition) is 7. The van der Waals surface area contributed by atoms with Gasteiger partial charge in [0.1, 0.15) is 12.4 Å². The monoisotopic (exact) mass is 371 g/mol. The molecule has 0 unspecified atom stereocenters. The Balaban J connectivity index is 1.55. The molecule has 0 atom stereocenters. The number of hydrogen-bond donors (Lipinski definition) is 0. The van der Waals surface area contributed by atoms with Crippen molar-refractivity contribution in [1.29, 1.82) is 0 Å². The van der Waals surface area contributed by atoms with Crippen molar-refractivity contribution >= 4 is 12.2 Å².